The molecule has 0 aliphatic heterocycles. The fourth-order valence-electron chi connectivity index (χ4n) is 2.12. The van der Waals surface area contributed by atoms with Crippen molar-refractivity contribution in [3.05, 3.63) is 5.01 Å². The maximum absolute atomic E-state index is 10.9. The second-order valence-corrected chi connectivity index (χ2v) is 5.22. The van der Waals surface area contributed by atoms with Gasteiger partial charge in [0.15, 0.2) is 0 Å². The Kier molecular flexibility index (Phi) is 3.38. The molecule has 2 rings (SSSR count). The summed E-state index contributed by atoms with van der Waals surface area (Å²) < 4.78 is 0. The number of aromatic nitrogens is 2. The van der Waals surface area contributed by atoms with E-state index in [1.54, 1.807) is 0 Å². The Morgan fingerprint density at radius 2 is 2.19 bits per heavy atom. The van der Waals surface area contributed by atoms with Gasteiger partial charge in [0, 0.05) is 6.04 Å². The van der Waals surface area contributed by atoms with E-state index in [1.165, 1.54) is 24.2 Å². The number of anilines is 1. The Morgan fingerprint density at radius 1 is 1.50 bits per heavy atom. The summed E-state index contributed by atoms with van der Waals surface area (Å²) in [6.07, 6.45) is 4.48. The second kappa shape index (κ2) is 4.78. The zero-order chi connectivity index (χ0) is 11.5. The van der Waals surface area contributed by atoms with Crippen LogP contribution in [0.2, 0.25) is 0 Å². The van der Waals surface area contributed by atoms with Gasteiger partial charge >= 0.3 is 5.97 Å². The van der Waals surface area contributed by atoms with Gasteiger partial charge in [-0.25, -0.2) is 0 Å². The molecule has 5 nitrogen and oxygen atoms in total. The topological polar surface area (TPSA) is 66.3 Å². The number of hydrogen-bond donors (Lipinski definition) is 1. The second-order valence-electron chi connectivity index (χ2n) is 4.06. The highest BCUT2D eigenvalue weighted by Gasteiger charge is 2.26. The Morgan fingerprint density at radius 3 is 2.69 bits per heavy atom. The Bertz CT molecular complexity index is 374. The number of nitrogens with zero attached hydrogens (tertiary/aromatic N) is 3. The van der Waals surface area contributed by atoms with Crippen molar-refractivity contribution in [3.63, 3.8) is 0 Å². The van der Waals surface area contributed by atoms with Crippen LogP contribution in [-0.4, -0.2) is 33.9 Å². The van der Waals surface area contributed by atoms with Gasteiger partial charge in [-0.3, -0.25) is 4.79 Å². The fourth-order valence-corrected chi connectivity index (χ4v) is 2.88. The van der Waals surface area contributed by atoms with Crippen LogP contribution in [0.4, 0.5) is 5.13 Å². The lowest BCUT2D eigenvalue weighted by atomic mass is 10.2. The molecule has 0 saturated heterocycles. The van der Waals surface area contributed by atoms with Crippen LogP contribution in [0.5, 0.6) is 0 Å². The Labute approximate surface area is 98.1 Å². The molecule has 1 heterocycles. The summed E-state index contributed by atoms with van der Waals surface area (Å²) in [5.41, 5.74) is 0. The average molecular weight is 241 g/mol. The summed E-state index contributed by atoms with van der Waals surface area (Å²) in [4.78, 5) is 12.8. The van der Waals surface area contributed by atoms with Gasteiger partial charge in [-0.2, -0.15) is 0 Å². The van der Waals surface area contributed by atoms with Gasteiger partial charge in [0.1, 0.15) is 11.6 Å². The van der Waals surface area contributed by atoms with E-state index in [0.717, 1.165) is 23.0 Å². The quantitative estimate of drug-likeness (QED) is 0.868. The van der Waals surface area contributed by atoms with Crippen molar-refractivity contribution in [3.8, 4) is 0 Å². The molecule has 16 heavy (non-hydrogen) atoms. The molecule has 1 N–H and O–H groups in total. The molecule has 0 atom stereocenters. The summed E-state index contributed by atoms with van der Waals surface area (Å²) in [7, 11) is 0. The molecule has 1 saturated carbocycles. The molecule has 1 aliphatic carbocycles. The van der Waals surface area contributed by atoms with Gasteiger partial charge < -0.3 is 10.0 Å². The van der Waals surface area contributed by atoms with E-state index in [1.807, 2.05) is 11.8 Å². The molecule has 0 amide bonds. The monoisotopic (exact) mass is 241 g/mol. The SMILES string of the molecule is Cc1nnc(N(CC(=O)O)C2CCCC2)s1. The largest absolute Gasteiger partial charge is 0.480 e. The molecule has 88 valence electrons. The molecular weight excluding hydrogens is 226 g/mol. The normalized spacial score (nSPS) is 16.6. The van der Waals surface area contributed by atoms with Crippen molar-refractivity contribution < 1.29 is 9.90 Å². The van der Waals surface area contributed by atoms with Crippen LogP contribution >= 0.6 is 11.3 Å². The lowest BCUT2D eigenvalue weighted by Crippen LogP contribution is -2.37. The molecule has 1 aliphatic rings. The first kappa shape index (κ1) is 11.3. The number of aliphatic carboxylic acids is 1. The standard InChI is InChI=1S/C10H15N3O2S/c1-7-11-12-10(16-7)13(6-9(14)15)8-4-2-3-5-8/h8H,2-6H2,1H3,(H,14,15). The van der Waals surface area contributed by atoms with Crippen molar-refractivity contribution in [2.24, 2.45) is 0 Å². The van der Waals surface area contributed by atoms with Gasteiger partial charge in [0.25, 0.3) is 0 Å². The van der Waals surface area contributed by atoms with Gasteiger partial charge in [0.05, 0.1) is 0 Å². The summed E-state index contributed by atoms with van der Waals surface area (Å²) in [6.45, 7) is 1.91. The minimum Gasteiger partial charge on any atom is -0.480 e. The zero-order valence-corrected chi connectivity index (χ0v) is 10.0. The van der Waals surface area contributed by atoms with E-state index < -0.39 is 5.97 Å². The number of carboxylic acid groups (broad SMARTS) is 1. The third kappa shape index (κ3) is 2.49. The van der Waals surface area contributed by atoms with Crippen molar-refractivity contribution in [2.45, 2.75) is 38.6 Å². The van der Waals surface area contributed by atoms with E-state index in [9.17, 15) is 4.79 Å². The van der Waals surface area contributed by atoms with Crippen molar-refractivity contribution in [1.29, 1.82) is 0 Å². The van der Waals surface area contributed by atoms with E-state index in [-0.39, 0.29) is 6.54 Å². The Hall–Kier alpha value is -1.17. The summed E-state index contributed by atoms with van der Waals surface area (Å²) in [6, 6.07) is 0.323. The zero-order valence-electron chi connectivity index (χ0n) is 9.22. The number of carbonyl (C=O) groups is 1. The molecule has 0 radical (unpaired) electrons. The molecular formula is C10H15N3O2S. The predicted octanol–water partition coefficient (Wildman–Crippen LogP) is 1.68. The van der Waals surface area contributed by atoms with Gasteiger partial charge in [-0.15, -0.1) is 10.2 Å². The molecule has 1 aromatic heterocycles. The van der Waals surface area contributed by atoms with Gasteiger partial charge in [0.2, 0.25) is 5.13 Å². The smallest absolute Gasteiger partial charge is 0.323 e. The van der Waals surface area contributed by atoms with Crippen LogP contribution in [0.15, 0.2) is 0 Å². The molecule has 0 spiro atoms. The summed E-state index contributed by atoms with van der Waals surface area (Å²) in [5, 5.41) is 18.5. The third-order valence-electron chi connectivity index (χ3n) is 2.83. The van der Waals surface area contributed by atoms with Crippen LogP contribution in [0.25, 0.3) is 0 Å². The molecule has 0 aromatic carbocycles. The van der Waals surface area contributed by atoms with Crippen LogP contribution < -0.4 is 4.90 Å². The Balaban J connectivity index is 2.16. The minimum absolute atomic E-state index is 0.0271. The first-order valence-electron chi connectivity index (χ1n) is 5.45. The molecule has 1 aromatic rings. The van der Waals surface area contributed by atoms with Crippen molar-refractivity contribution >= 4 is 22.4 Å². The molecule has 6 heteroatoms. The number of carboxylic acids is 1. The molecule has 1 fully saturated rings. The highest BCUT2D eigenvalue weighted by Crippen LogP contribution is 2.29. The van der Waals surface area contributed by atoms with Crippen molar-refractivity contribution in [1.82, 2.24) is 10.2 Å². The summed E-state index contributed by atoms with van der Waals surface area (Å²) in [5.74, 6) is -0.806. The van der Waals surface area contributed by atoms with Crippen LogP contribution in [-0.2, 0) is 4.79 Å². The predicted molar refractivity (Wildman–Crippen MR) is 61.9 cm³/mol. The maximum atomic E-state index is 10.9. The number of hydrogen-bond acceptors (Lipinski definition) is 5. The van der Waals surface area contributed by atoms with E-state index in [0.29, 0.717) is 6.04 Å². The lowest BCUT2D eigenvalue weighted by Gasteiger charge is -2.25. The van der Waals surface area contributed by atoms with Gasteiger partial charge in [-0.1, -0.05) is 24.2 Å². The third-order valence-corrected chi connectivity index (χ3v) is 3.71. The van der Waals surface area contributed by atoms with E-state index in [2.05, 4.69) is 10.2 Å². The fraction of sp³-hybridized carbons (Fsp3) is 0.700. The van der Waals surface area contributed by atoms with Crippen molar-refractivity contribution in [2.75, 3.05) is 11.4 Å². The first-order valence-corrected chi connectivity index (χ1v) is 6.27. The highest BCUT2D eigenvalue weighted by atomic mass is 32.1. The maximum Gasteiger partial charge on any atom is 0.323 e. The number of aryl methyl sites for hydroxylation is 1. The van der Waals surface area contributed by atoms with Crippen LogP contribution in [0.3, 0.4) is 0 Å². The first-order chi connectivity index (χ1) is 7.66. The van der Waals surface area contributed by atoms with E-state index >= 15 is 0 Å². The van der Waals surface area contributed by atoms with Crippen LogP contribution in [0, 0.1) is 6.92 Å². The van der Waals surface area contributed by atoms with Crippen LogP contribution in [0.1, 0.15) is 30.7 Å². The minimum atomic E-state index is -0.806. The lowest BCUT2D eigenvalue weighted by molar-refractivity contribution is -0.135. The summed E-state index contributed by atoms with van der Waals surface area (Å²) >= 11 is 1.47. The highest BCUT2D eigenvalue weighted by molar-refractivity contribution is 7.15. The van der Waals surface area contributed by atoms with E-state index in [4.69, 9.17) is 5.11 Å². The number of rotatable bonds is 4. The average Bonchev–Trinajstić information content (AvgIpc) is 2.84. The molecule has 0 unspecified atom stereocenters. The molecule has 0 bridgehead atoms. The van der Waals surface area contributed by atoms with Gasteiger partial charge in [-0.05, 0) is 19.8 Å².